The third kappa shape index (κ3) is 4.22. The summed E-state index contributed by atoms with van der Waals surface area (Å²) >= 11 is 3.34. The first-order chi connectivity index (χ1) is 9.88. The quantitative estimate of drug-likeness (QED) is 0.821. The van der Waals surface area contributed by atoms with Gasteiger partial charge in [-0.15, -0.1) is 0 Å². The second-order valence-electron chi connectivity index (χ2n) is 4.65. The molecule has 2 rings (SSSR count). The fourth-order valence-electron chi connectivity index (χ4n) is 1.96. The first kappa shape index (κ1) is 15.9. The number of ether oxygens (including phenoxy) is 1. The van der Waals surface area contributed by atoms with E-state index in [9.17, 15) is 8.42 Å². The molecule has 112 valence electrons. The normalized spacial score (nSPS) is 11.3. The van der Waals surface area contributed by atoms with Gasteiger partial charge in [0.05, 0.1) is 10.6 Å². The molecule has 4 nitrogen and oxygen atoms in total. The van der Waals surface area contributed by atoms with Gasteiger partial charge in [0.15, 0.2) is 9.84 Å². The van der Waals surface area contributed by atoms with Crippen molar-refractivity contribution in [2.24, 2.45) is 0 Å². The number of sulfone groups is 1. The van der Waals surface area contributed by atoms with E-state index in [1.54, 1.807) is 37.3 Å². The highest BCUT2D eigenvalue weighted by molar-refractivity contribution is 9.10. The topological polar surface area (TPSA) is 69.4 Å². The molecule has 6 heteroatoms. The molecule has 2 aromatic carbocycles. The fraction of sp³-hybridized carbons (Fsp3) is 0.200. The molecule has 2 aromatic rings. The Morgan fingerprint density at radius 2 is 1.95 bits per heavy atom. The third-order valence-electron chi connectivity index (χ3n) is 2.95. The zero-order valence-corrected chi connectivity index (χ0v) is 13.9. The van der Waals surface area contributed by atoms with E-state index in [-0.39, 0.29) is 12.4 Å². The van der Waals surface area contributed by atoms with E-state index < -0.39 is 9.84 Å². The summed E-state index contributed by atoms with van der Waals surface area (Å²) in [6.45, 7) is 1.83. The minimum Gasteiger partial charge on any atom is -0.492 e. The van der Waals surface area contributed by atoms with Gasteiger partial charge in [-0.05, 0) is 48.9 Å². The van der Waals surface area contributed by atoms with Gasteiger partial charge in [-0.3, -0.25) is 0 Å². The number of aryl methyl sites for hydroxylation is 1. The molecule has 0 fully saturated rings. The molecule has 2 N–H and O–H groups in total. The van der Waals surface area contributed by atoms with Crippen molar-refractivity contribution in [1.29, 1.82) is 0 Å². The standard InChI is InChI=1S/C15H16BrNO3S/c1-11-9-13(17)5-6-15(11)21(18,19)8-7-20-14-4-2-3-12(16)10-14/h2-6,9-10H,7-8,17H2,1H3. The Labute approximate surface area is 133 Å². The molecule has 0 aliphatic heterocycles. The van der Waals surface area contributed by atoms with Crippen LogP contribution in [0.5, 0.6) is 5.75 Å². The van der Waals surface area contributed by atoms with Gasteiger partial charge in [0.25, 0.3) is 0 Å². The number of nitrogen functional groups attached to an aromatic ring is 1. The maximum Gasteiger partial charge on any atom is 0.181 e. The average Bonchev–Trinajstić information content (AvgIpc) is 2.38. The van der Waals surface area contributed by atoms with Crippen LogP contribution in [0.2, 0.25) is 0 Å². The number of benzene rings is 2. The van der Waals surface area contributed by atoms with Crippen molar-refractivity contribution in [3.8, 4) is 5.75 Å². The van der Waals surface area contributed by atoms with E-state index in [0.29, 0.717) is 21.9 Å². The van der Waals surface area contributed by atoms with E-state index in [1.807, 2.05) is 12.1 Å². The number of hydrogen-bond donors (Lipinski definition) is 1. The van der Waals surface area contributed by atoms with Crippen LogP contribution in [-0.2, 0) is 9.84 Å². The molecule has 0 spiro atoms. The molecule has 0 aromatic heterocycles. The lowest BCUT2D eigenvalue weighted by Crippen LogP contribution is -2.15. The monoisotopic (exact) mass is 369 g/mol. The van der Waals surface area contributed by atoms with Crippen LogP contribution in [0.1, 0.15) is 5.56 Å². The molecule has 0 radical (unpaired) electrons. The molecular formula is C15H16BrNO3S. The molecule has 0 heterocycles. The maximum atomic E-state index is 12.3. The van der Waals surface area contributed by atoms with Crippen molar-refractivity contribution >= 4 is 31.5 Å². The van der Waals surface area contributed by atoms with Crippen LogP contribution in [0, 0.1) is 6.92 Å². The van der Waals surface area contributed by atoms with Crippen LogP contribution in [0.3, 0.4) is 0 Å². The van der Waals surface area contributed by atoms with Crippen LogP contribution >= 0.6 is 15.9 Å². The lowest BCUT2D eigenvalue weighted by molar-refractivity contribution is 0.340. The van der Waals surface area contributed by atoms with Crippen molar-refractivity contribution < 1.29 is 13.2 Å². The average molecular weight is 370 g/mol. The Morgan fingerprint density at radius 3 is 2.62 bits per heavy atom. The lowest BCUT2D eigenvalue weighted by Gasteiger charge is -2.10. The number of rotatable bonds is 5. The summed E-state index contributed by atoms with van der Waals surface area (Å²) in [5.41, 5.74) is 6.84. The summed E-state index contributed by atoms with van der Waals surface area (Å²) in [6.07, 6.45) is 0. The number of halogens is 1. The van der Waals surface area contributed by atoms with Gasteiger partial charge in [0, 0.05) is 10.2 Å². The first-order valence-corrected chi connectivity index (χ1v) is 8.80. The number of nitrogens with two attached hydrogens (primary N) is 1. The summed E-state index contributed by atoms with van der Waals surface area (Å²) in [6, 6.07) is 12.1. The van der Waals surface area contributed by atoms with Gasteiger partial charge < -0.3 is 10.5 Å². The van der Waals surface area contributed by atoms with Gasteiger partial charge >= 0.3 is 0 Å². The number of hydrogen-bond acceptors (Lipinski definition) is 4. The van der Waals surface area contributed by atoms with E-state index in [0.717, 1.165) is 4.47 Å². The van der Waals surface area contributed by atoms with Crippen LogP contribution < -0.4 is 10.5 Å². The predicted octanol–water partition coefficient (Wildman–Crippen LogP) is 3.19. The molecule has 0 saturated heterocycles. The Hall–Kier alpha value is -1.53. The molecule has 0 amide bonds. The fourth-order valence-corrected chi connectivity index (χ4v) is 3.68. The maximum absolute atomic E-state index is 12.3. The lowest BCUT2D eigenvalue weighted by atomic mass is 10.2. The van der Waals surface area contributed by atoms with Gasteiger partial charge in [0.2, 0.25) is 0 Å². The van der Waals surface area contributed by atoms with E-state index in [4.69, 9.17) is 10.5 Å². The predicted molar refractivity (Wildman–Crippen MR) is 87.3 cm³/mol. The largest absolute Gasteiger partial charge is 0.492 e. The Bertz CT molecular complexity index is 744. The van der Waals surface area contributed by atoms with Gasteiger partial charge in [-0.2, -0.15) is 0 Å². The zero-order chi connectivity index (χ0) is 15.5. The molecule has 0 unspecified atom stereocenters. The summed E-state index contributed by atoms with van der Waals surface area (Å²) in [7, 11) is -3.38. The molecule has 21 heavy (non-hydrogen) atoms. The third-order valence-corrected chi connectivity index (χ3v) is 5.28. The van der Waals surface area contributed by atoms with Crippen LogP contribution in [0.25, 0.3) is 0 Å². The minimum atomic E-state index is -3.38. The SMILES string of the molecule is Cc1cc(N)ccc1S(=O)(=O)CCOc1cccc(Br)c1. The van der Waals surface area contributed by atoms with Crippen molar-refractivity contribution in [2.45, 2.75) is 11.8 Å². The zero-order valence-electron chi connectivity index (χ0n) is 11.5. The highest BCUT2D eigenvalue weighted by atomic mass is 79.9. The minimum absolute atomic E-state index is 0.0791. The van der Waals surface area contributed by atoms with Crippen LogP contribution in [-0.4, -0.2) is 20.8 Å². The highest BCUT2D eigenvalue weighted by Crippen LogP contribution is 2.20. The summed E-state index contributed by atoms with van der Waals surface area (Å²) in [5.74, 6) is 0.554. The molecule has 0 atom stereocenters. The van der Waals surface area contributed by atoms with Crippen LogP contribution in [0.15, 0.2) is 51.8 Å². The summed E-state index contributed by atoms with van der Waals surface area (Å²) in [4.78, 5) is 0.301. The van der Waals surface area contributed by atoms with E-state index >= 15 is 0 Å². The summed E-state index contributed by atoms with van der Waals surface area (Å²) < 4.78 is 30.9. The second-order valence-corrected chi connectivity index (χ2v) is 7.64. The highest BCUT2D eigenvalue weighted by Gasteiger charge is 2.17. The first-order valence-electron chi connectivity index (χ1n) is 6.36. The number of anilines is 1. The van der Waals surface area contributed by atoms with Crippen molar-refractivity contribution in [3.05, 3.63) is 52.5 Å². The smallest absolute Gasteiger partial charge is 0.181 e. The summed E-state index contributed by atoms with van der Waals surface area (Å²) in [5, 5.41) is 0. The van der Waals surface area contributed by atoms with Crippen molar-refractivity contribution in [2.75, 3.05) is 18.1 Å². The molecule has 0 bridgehead atoms. The van der Waals surface area contributed by atoms with Gasteiger partial charge in [-0.25, -0.2) is 8.42 Å². The van der Waals surface area contributed by atoms with Crippen molar-refractivity contribution in [1.82, 2.24) is 0 Å². The Morgan fingerprint density at radius 1 is 1.19 bits per heavy atom. The second kappa shape index (κ2) is 6.49. The van der Waals surface area contributed by atoms with E-state index in [1.165, 1.54) is 0 Å². The van der Waals surface area contributed by atoms with Gasteiger partial charge in [0.1, 0.15) is 12.4 Å². The van der Waals surface area contributed by atoms with Gasteiger partial charge in [-0.1, -0.05) is 22.0 Å². The van der Waals surface area contributed by atoms with Crippen molar-refractivity contribution in [3.63, 3.8) is 0 Å². The molecule has 0 saturated carbocycles. The Balaban J connectivity index is 2.05. The van der Waals surface area contributed by atoms with E-state index in [2.05, 4.69) is 15.9 Å². The Kier molecular flexibility index (Phi) is 4.90. The molecule has 0 aliphatic rings. The molecule has 0 aliphatic carbocycles. The van der Waals surface area contributed by atoms with Crippen LogP contribution in [0.4, 0.5) is 5.69 Å². The molecular weight excluding hydrogens is 354 g/mol.